The minimum atomic E-state index is -0.937. The standard InChI is InChI=1S/C13H16BrNO3/c1-2-3-4-11(16)12(18-13(15)17)9-5-7-10(14)8-6-9/h5-8,12H,2-4H2,1H3,(H2,15,17). The second kappa shape index (κ2) is 7.16. The van der Waals surface area contributed by atoms with Crippen LogP contribution in [-0.4, -0.2) is 11.9 Å². The van der Waals surface area contributed by atoms with E-state index in [9.17, 15) is 9.59 Å². The number of amides is 1. The van der Waals surface area contributed by atoms with Crippen molar-refractivity contribution in [3.05, 3.63) is 34.3 Å². The monoisotopic (exact) mass is 313 g/mol. The van der Waals surface area contributed by atoms with Crippen LogP contribution in [0.4, 0.5) is 4.79 Å². The highest BCUT2D eigenvalue weighted by atomic mass is 79.9. The van der Waals surface area contributed by atoms with Crippen molar-refractivity contribution < 1.29 is 14.3 Å². The first-order chi connectivity index (χ1) is 8.54. The molecule has 18 heavy (non-hydrogen) atoms. The maximum atomic E-state index is 12.0. The average molecular weight is 314 g/mol. The Morgan fingerprint density at radius 1 is 1.33 bits per heavy atom. The van der Waals surface area contributed by atoms with E-state index >= 15 is 0 Å². The van der Waals surface area contributed by atoms with Gasteiger partial charge in [0.05, 0.1) is 0 Å². The molecule has 0 bridgehead atoms. The van der Waals surface area contributed by atoms with E-state index in [2.05, 4.69) is 15.9 Å². The van der Waals surface area contributed by atoms with Crippen LogP contribution < -0.4 is 5.73 Å². The molecule has 0 radical (unpaired) electrons. The fourth-order valence-electron chi connectivity index (χ4n) is 1.56. The number of ketones is 1. The minimum absolute atomic E-state index is 0.127. The lowest BCUT2D eigenvalue weighted by Crippen LogP contribution is -2.23. The quantitative estimate of drug-likeness (QED) is 0.875. The first-order valence-electron chi connectivity index (χ1n) is 5.79. The fraction of sp³-hybridized carbons (Fsp3) is 0.385. The zero-order valence-corrected chi connectivity index (χ0v) is 11.8. The molecule has 0 aliphatic carbocycles. The number of carbonyl (C=O) groups is 2. The molecule has 1 amide bonds. The number of halogens is 1. The Balaban J connectivity index is 2.86. The van der Waals surface area contributed by atoms with Crippen molar-refractivity contribution in [2.75, 3.05) is 0 Å². The van der Waals surface area contributed by atoms with Crippen LogP contribution in [-0.2, 0) is 9.53 Å². The van der Waals surface area contributed by atoms with Crippen molar-refractivity contribution in [1.29, 1.82) is 0 Å². The number of unbranched alkanes of at least 4 members (excludes halogenated alkanes) is 1. The molecule has 1 unspecified atom stereocenters. The number of rotatable bonds is 6. The second-order valence-electron chi connectivity index (χ2n) is 3.94. The van der Waals surface area contributed by atoms with Gasteiger partial charge in [-0.05, 0) is 18.6 Å². The summed E-state index contributed by atoms with van der Waals surface area (Å²) in [6.07, 6.45) is 0.225. The summed E-state index contributed by atoms with van der Waals surface area (Å²) in [4.78, 5) is 22.8. The topological polar surface area (TPSA) is 69.4 Å². The number of primary amides is 1. The maximum absolute atomic E-state index is 12.0. The molecular formula is C13H16BrNO3. The molecule has 0 aliphatic heterocycles. The van der Waals surface area contributed by atoms with Gasteiger partial charge < -0.3 is 10.5 Å². The number of nitrogens with two attached hydrogens (primary N) is 1. The van der Waals surface area contributed by atoms with Gasteiger partial charge in [-0.2, -0.15) is 0 Å². The van der Waals surface area contributed by atoms with Gasteiger partial charge in [0.15, 0.2) is 11.9 Å². The number of hydrogen-bond donors (Lipinski definition) is 1. The smallest absolute Gasteiger partial charge is 0.405 e. The second-order valence-corrected chi connectivity index (χ2v) is 4.85. The van der Waals surface area contributed by atoms with Crippen LogP contribution in [0, 0.1) is 0 Å². The predicted octanol–water partition coefficient (Wildman–Crippen LogP) is 3.34. The zero-order chi connectivity index (χ0) is 13.5. The molecular weight excluding hydrogens is 298 g/mol. The van der Waals surface area contributed by atoms with Crippen molar-refractivity contribution in [2.45, 2.75) is 32.3 Å². The third kappa shape index (κ3) is 4.49. The lowest BCUT2D eigenvalue weighted by atomic mass is 10.0. The van der Waals surface area contributed by atoms with E-state index in [-0.39, 0.29) is 5.78 Å². The Bertz CT molecular complexity index is 417. The zero-order valence-electron chi connectivity index (χ0n) is 10.2. The van der Waals surface area contributed by atoms with Crippen LogP contribution in [0.1, 0.15) is 37.9 Å². The van der Waals surface area contributed by atoms with Crippen molar-refractivity contribution in [3.63, 3.8) is 0 Å². The molecule has 0 aromatic heterocycles. The molecule has 0 heterocycles. The first kappa shape index (κ1) is 14.7. The van der Waals surface area contributed by atoms with Gasteiger partial charge in [0, 0.05) is 16.5 Å². The molecule has 2 N–H and O–H groups in total. The molecule has 0 saturated heterocycles. The van der Waals surface area contributed by atoms with Gasteiger partial charge in [-0.3, -0.25) is 4.79 Å². The third-order valence-corrected chi connectivity index (χ3v) is 3.00. The summed E-state index contributed by atoms with van der Waals surface area (Å²) in [7, 11) is 0. The summed E-state index contributed by atoms with van der Waals surface area (Å²) in [5, 5.41) is 0. The first-order valence-corrected chi connectivity index (χ1v) is 6.58. The minimum Gasteiger partial charge on any atom is -0.433 e. The van der Waals surface area contributed by atoms with Crippen LogP contribution in [0.3, 0.4) is 0 Å². The average Bonchev–Trinajstić information content (AvgIpc) is 2.34. The molecule has 1 aromatic carbocycles. The molecule has 0 saturated carbocycles. The Kier molecular flexibility index (Phi) is 5.85. The largest absolute Gasteiger partial charge is 0.433 e. The van der Waals surface area contributed by atoms with Crippen LogP contribution in [0.15, 0.2) is 28.7 Å². The summed E-state index contributed by atoms with van der Waals surface area (Å²) < 4.78 is 5.80. The highest BCUT2D eigenvalue weighted by Crippen LogP contribution is 2.23. The van der Waals surface area contributed by atoms with Gasteiger partial charge in [0.25, 0.3) is 0 Å². The number of Topliss-reactive ketones (excluding diaryl/α,β-unsaturated/α-hetero) is 1. The SMILES string of the molecule is CCCCC(=O)C(OC(N)=O)c1ccc(Br)cc1. The molecule has 5 heteroatoms. The van der Waals surface area contributed by atoms with Crippen LogP contribution in [0.25, 0.3) is 0 Å². The van der Waals surface area contributed by atoms with E-state index in [1.54, 1.807) is 24.3 Å². The molecule has 0 spiro atoms. The Labute approximate surface area is 115 Å². The lowest BCUT2D eigenvalue weighted by Gasteiger charge is -2.15. The van der Waals surface area contributed by atoms with E-state index in [1.807, 2.05) is 6.92 Å². The summed E-state index contributed by atoms with van der Waals surface area (Å²) in [6, 6.07) is 7.06. The van der Waals surface area contributed by atoms with Gasteiger partial charge in [-0.1, -0.05) is 41.4 Å². The van der Waals surface area contributed by atoms with Crippen molar-refractivity contribution in [3.8, 4) is 0 Å². The van der Waals surface area contributed by atoms with Crippen molar-refractivity contribution in [2.24, 2.45) is 5.73 Å². The fourth-order valence-corrected chi connectivity index (χ4v) is 1.82. The number of ether oxygens (including phenoxy) is 1. The van der Waals surface area contributed by atoms with E-state index in [1.165, 1.54) is 0 Å². The van der Waals surface area contributed by atoms with Gasteiger partial charge in [0.2, 0.25) is 0 Å². The van der Waals surface area contributed by atoms with Gasteiger partial charge >= 0.3 is 6.09 Å². The Morgan fingerprint density at radius 3 is 2.44 bits per heavy atom. The number of hydrogen-bond acceptors (Lipinski definition) is 3. The third-order valence-electron chi connectivity index (χ3n) is 2.48. The van der Waals surface area contributed by atoms with Gasteiger partial charge in [-0.15, -0.1) is 0 Å². The van der Waals surface area contributed by atoms with Crippen molar-refractivity contribution in [1.82, 2.24) is 0 Å². The highest BCUT2D eigenvalue weighted by Gasteiger charge is 2.23. The van der Waals surface area contributed by atoms with E-state index in [0.717, 1.165) is 17.3 Å². The summed E-state index contributed by atoms with van der Waals surface area (Å²) >= 11 is 3.31. The van der Waals surface area contributed by atoms with Crippen LogP contribution in [0.2, 0.25) is 0 Å². The number of carbonyl (C=O) groups excluding carboxylic acids is 2. The normalized spacial score (nSPS) is 11.9. The predicted molar refractivity (Wildman–Crippen MR) is 72.1 cm³/mol. The van der Waals surface area contributed by atoms with E-state index in [4.69, 9.17) is 10.5 Å². The highest BCUT2D eigenvalue weighted by molar-refractivity contribution is 9.10. The Morgan fingerprint density at radius 2 is 1.94 bits per heavy atom. The summed E-state index contributed by atoms with van der Waals surface area (Å²) in [5.74, 6) is -0.127. The van der Waals surface area contributed by atoms with Gasteiger partial charge in [-0.25, -0.2) is 4.79 Å². The molecule has 98 valence electrons. The summed E-state index contributed by atoms with van der Waals surface area (Å²) in [5.41, 5.74) is 5.64. The van der Waals surface area contributed by atoms with Crippen molar-refractivity contribution >= 4 is 27.8 Å². The lowest BCUT2D eigenvalue weighted by molar-refractivity contribution is -0.127. The molecule has 1 rings (SSSR count). The molecule has 1 aromatic rings. The maximum Gasteiger partial charge on any atom is 0.405 e. The van der Waals surface area contributed by atoms with Crippen LogP contribution in [0.5, 0.6) is 0 Å². The molecule has 1 atom stereocenters. The van der Waals surface area contributed by atoms with E-state index in [0.29, 0.717) is 12.0 Å². The molecule has 0 aliphatic rings. The molecule has 0 fully saturated rings. The Hall–Kier alpha value is -1.36. The van der Waals surface area contributed by atoms with E-state index < -0.39 is 12.2 Å². The molecule has 4 nitrogen and oxygen atoms in total. The van der Waals surface area contributed by atoms with Gasteiger partial charge in [0.1, 0.15) is 0 Å². The summed E-state index contributed by atoms with van der Waals surface area (Å²) in [6.45, 7) is 2.00. The number of benzene rings is 1. The van der Waals surface area contributed by atoms with Crippen LogP contribution >= 0.6 is 15.9 Å².